The van der Waals surface area contributed by atoms with Crippen LogP contribution in [-0.4, -0.2) is 46.3 Å². The molecule has 0 aliphatic carbocycles. The molecular weight excluding hydrogens is 216 g/mol. The van der Waals surface area contributed by atoms with E-state index in [1.807, 2.05) is 24.8 Å². The van der Waals surface area contributed by atoms with Crippen LogP contribution in [0.5, 0.6) is 0 Å². The molecule has 1 saturated heterocycles. The Hall–Kier alpha value is -1.36. The Morgan fingerprint density at radius 1 is 1.59 bits per heavy atom. The molecule has 2 heterocycles. The van der Waals surface area contributed by atoms with Gasteiger partial charge >= 0.3 is 0 Å². The van der Waals surface area contributed by atoms with Crippen molar-refractivity contribution < 1.29 is 4.79 Å². The van der Waals surface area contributed by atoms with E-state index < -0.39 is 0 Å². The molecule has 5 nitrogen and oxygen atoms in total. The van der Waals surface area contributed by atoms with Crippen LogP contribution in [0.4, 0.5) is 0 Å². The number of piperazine rings is 1. The highest BCUT2D eigenvalue weighted by Crippen LogP contribution is 2.05. The lowest BCUT2D eigenvalue weighted by atomic mass is 10.2. The Morgan fingerprint density at radius 2 is 2.35 bits per heavy atom. The zero-order valence-electron chi connectivity index (χ0n) is 10.7. The van der Waals surface area contributed by atoms with Gasteiger partial charge in [-0.05, 0) is 26.8 Å². The van der Waals surface area contributed by atoms with E-state index in [-0.39, 0.29) is 5.91 Å². The Labute approximate surface area is 102 Å². The maximum absolute atomic E-state index is 12.1. The molecule has 1 amide bonds. The number of aromatic nitrogens is 2. The summed E-state index contributed by atoms with van der Waals surface area (Å²) in [7, 11) is 0. The van der Waals surface area contributed by atoms with Crippen molar-refractivity contribution in [1.29, 1.82) is 0 Å². The van der Waals surface area contributed by atoms with Crippen molar-refractivity contribution in [2.45, 2.75) is 33.4 Å². The second kappa shape index (κ2) is 4.87. The smallest absolute Gasteiger partial charge is 0.244 e. The molecule has 2 rings (SSSR count). The highest BCUT2D eigenvalue weighted by Gasteiger charge is 2.21. The predicted molar refractivity (Wildman–Crippen MR) is 65.7 cm³/mol. The van der Waals surface area contributed by atoms with Gasteiger partial charge in [0.2, 0.25) is 5.91 Å². The van der Waals surface area contributed by atoms with Gasteiger partial charge < -0.3 is 10.2 Å². The lowest BCUT2D eigenvalue weighted by Crippen LogP contribution is -2.52. The molecule has 0 unspecified atom stereocenters. The van der Waals surface area contributed by atoms with E-state index in [1.54, 1.807) is 4.68 Å². The molecule has 1 aliphatic rings. The monoisotopic (exact) mass is 236 g/mol. The Kier molecular flexibility index (Phi) is 3.47. The van der Waals surface area contributed by atoms with Gasteiger partial charge in [0, 0.05) is 31.4 Å². The van der Waals surface area contributed by atoms with Crippen LogP contribution in [0.3, 0.4) is 0 Å². The van der Waals surface area contributed by atoms with Crippen LogP contribution in [0.1, 0.15) is 18.3 Å². The Bertz CT molecular complexity index is 413. The van der Waals surface area contributed by atoms with E-state index in [0.29, 0.717) is 12.6 Å². The summed E-state index contributed by atoms with van der Waals surface area (Å²) in [4.78, 5) is 14.0. The van der Waals surface area contributed by atoms with Gasteiger partial charge in [0.1, 0.15) is 6.54 Å². The number of hydrogen-bond donors (Lipinski definition) is 1. The van der Waals surface area contributed by atoms with Gasteiger partial charge in [0.15, 0.2) is 0 Å². The van der Waals surface area contributed by atoms with Crippen molar-refractivity contribution in [2.24, 2.45) is 0 Å². The van der Waals surface area contributed by atoms with Crippen LogP contribution in [0.25, 0.3) is 0 Å². The molecule has 0 bridgehead atoms. The average molecular weight is 236 g/mol. The minimum Gasteiger partial charge on any atom is -0.338 e. The van der Waals surface area contributed by atoms with Gasteiger partial charge in [0.05, 0.1) is 5.69 Å². The van der Waals surface area contributed by atoms with Crippen molar-refractivity contribution in [2.75, 3.05) is 19.6 Å². The highest BCUT2D eigenvalue weighted by molar-refractivity contribution is 5.76. The number of nitrogens with zero attached hydrogens (tertiary/aromatic N) is 3. The summed E-state index contributed by atoms with van der Waals surface area (Å²) < 4.78 is 1.78. The van der Waals surface area contributed by atoms with Crippen molar-refractivity contribution >= 4 is 5.91 Å². The van der Waals surface area contributed by atoms with Crippen molar-refractivity contribution in [1.82, 2.24) is 20.0 Å². The van der Waals surface area contributed by atoms with E-state index in [2.05, 4.69) is 17.3 Å². The summed E-state index contributed by atoms with van der Waals surface area (Å²) in [6, 6.07) is 2.38. The lowest BCUT2D eigenvalue weighted by Gasteiger charge is -2.32. The summed E-state index contributed by atoms with van der Waals surface area (Å²) in [6.45, 7) is 8.84. The molecule has 0 saturated carbocycles. The zero-order chi connectivity index (χ0) is 12.4. The van der Waals surface area contributed by atoms with Crippen LogP contribution in [0.15, 0.2) is 6.07 Å². The van der Waals surface area contributed by atoms with Crippen molar-refractivity contribution in [3.8, 4) is 0 Å². The van der Waals surface area contributed by atoms with Crippen LogP contribution in [0.2, 0.25) is 0 Å². The summed E-state index contributed by atoms with van der Waals surface area (Å²) in [5.41, 5.74) is 2.00. The van der Waals surface area contributed by atoms with E-state index in [4.69, 9.17) is 0 Å². The maximum atomic E-state index is 12.1. The van der Waals surface area contributed by atoms with Crippen LogP contribution >= 0.6 is 0 Å². The quantitative estimate of drug-likeness (QED) is 0.804. The molecule has 1 aromatic rings. The third-order valence-corrected chi connectivity index (χ3v) is 3.11. The largest absolute Gasteiger partial charge is 0.338 e. The molecule has 1 atom stereocenters. The van der Waals surface area contributed by atoms with Gasteiger partial charge in [-0.1, -0.05) is 0 Å². The standard InChI is InChI=1S/C12H20N4O/c1-9-6-11(3)16(14-9)8-12(17)15-5-4-13-10(2)7-15/h6,10,13H,4-5,7-8H2,1-3H3/t10-/m1/s1. The average Bonchev–Trinajstić information content (AvgIpc) is 2.57. The summed E-state index contributed by atoms with van der Waals surface area (Å²) >= 11 is 0. The number of carbonyl (C=O) groups is 1. The second-order valence-corrected chi connectivity index (χ2v) is 4.78. The normalized spacial score (nSPS) is 20.6. The van der Waals surface area contributed by atoms with Crippen molar-refractivity contribution in [3.05, 3.63) is 17.5 Å². The van der Waals surface area contributed by atoms with Crippen molar-refractivity contribution in [3.63, 3.8) is 0 Å². The van der Waals surface area contributed by atoms with Crippen LogP contribution in [-0.2, 0) is 11.3 Å². The number of carbonyl (C=O) groups excluding carboxylic acids is 1. The molecular formula is C12H20N4O. The maximum Gasteiger partial charge on any atom is 0.244 e. The fraction of sp³-hybridized carbons (Fsp3) is 0.667. The second-order valence-electron chi connectivity index (χ2n) is 4.78. The molecule has 0 radical (unpaired) electrons. The Balaban J connectivity index is 1.99. The van der Waals surface area contributed by atoms with Gasteiger partial charge in [-0.3, -0.25) is 9.48 Å². The van der Waals surface area contributed by atoms with Gasteiger partial charge in [0.25, 0.3) is 0 Å². The van der Waals surface area contributed by atoms with E-state index in [9.17, 15) is 4.79 Å². The number of amides is 1. The highest BCUT2D eigenvalue weighted by atomic mass is 16.2. The molecule has 1 N–H and O–H groups in total. The van der Waals surface area contributed by atoms with Crippen LogP contribution in [0, 0.1) is 13.8 Å². The fourth-order valence-corrected chi connectivity index (χ4v) is 2.22. The summed E-state index contributed by atoms with van der Waals surface area (Å²) in [5, 5.41) is 7.65. The molecule has 1 aromatic heterocycles. The first-order valence-electron chi connectivity index (χ1n) is 6.08. The van der Waals surface area contributed by atoms with E-state index in [0.717, 1.165) is 31.0 Å². The molecule has 1 aliphatic heterocycles. The minimum atomic E-state index is 0.157. The number of rotatable bonds is 2. The third-order valence-electron chi connectivity index (χ3n) is 3.11. The summed E-state index contributed by atoms with van der Waals surface area (Å²) in [6.07, 6.45) is 0. The first-order valence-corrected chi connectivity index (χ1v) is 6.08. The lowest BCUT2D eigenvalue weighted by molar-refractivity contribution is -0.133. The molecule has 1 fully saturated rings. The van der Waals surface area contributed by atoms with Crippen LogP contribution < -0.4 is 5.32 Å². The van der Waals surface area contributed by atoms with Gasteiger partial charge in [-0.25, -0.2) is 0 Å². The van der Waals surface area contributed by atoms with E-state index >= 15 is 0 Å². The third kappa shape index (κ3) is 2.85. The molecule has 0 spiro atoms. The predicted octanol–water partition coefficient (Wildman–Crippen LogP) is 0.320. The molecule has 5 heteroatoms. The zero-order valence-corrected chi connectivity index (χ0v) is 10.7. The topological polar surface area (TPSA) is 50.2 Å². The molecule has 17 heavy (non-hydrogen) atoms. The first kappa shape index (κ1) is 12.1. The molecule has 0 aromatic carbocycles. The fourth-order valence-electron chi connectivity index (χ4n) is 2.22. The van der Waals surface area contributed by atoms with E-state index in [1.165, 1.54) is 0 Å². The number of nitrogens with one attached hydrogen (secondary N) is 1. The minimum absolute atomic E-state index is 0.157. The Morgan fingerprint density at radius 3 is 2.94 bits per heavy atom. The number of aryl methyl sites for hydroxylation is 2. The SMILES string of the molecule is Cc1cc(C)n(CC(=O)N2CCN[C@H](C)C2)n1. The first-order chi connectivity index (χ1) is 8.06. The number of hydrogen-bond acceptors (Lipinski definition) is 3. The van der Waals surface area contributed by atoms with Gasteiger partial charge in [-0.2, -0.15) is 5.10 Å². The summed E-state index contributed by atoms with van der Waals surface area (Å²) in [5.74, 6) is 0.157. The molecule has 94 valence electrons. The van der Waals surface area contributed by atoms with Gasteiger partial charge in [-0.15, -0.1) is 0 Å².